The quantitative estimate of drug-likeness (QED) is 0.0718. The smallest absolute Gasteiger partial charge is 0.343 e. The Labute approximate surface area is 247 Å². The lowest BCUT2D eigenvalue weighted by Crippen LogP contribution is -2.18. The molecule has 0 saturated carbocycles. The Balaban J connectivity index is 1.23. The van der Waals surface area contributed by atoms with Crippen molar-refractivity contribution >= 4 is 40.9 Å². The predicted molar refractivity (Wildman–Crippen MR) is 165 cm³/mol. The van der Waals surface area contributed by atoms with Crippen LogP contribution >= 0.6 is 0 Å². The summed E-state index contributed by atoms with van der Waals surface area (Å²) in [5.74, 6) is -0.418. The fourth-order valence-electron chi connectivity index (χ4n) is 4.22. The Kier molecular flexibility index (Phi) is 8.99. The van der Waals surface area contributed by atoms with Gasteiger partial charge in [-0.25, -0.2) is 15.0 Å². The molecule has 0 unspecified atom stereocenters. The van der Waals surface area contributed by atoms with E-state index >= 15 is 0 Å². The number of fused-ring (bicyclic) bond motifs is 1. The van der Waals surface area contributed by atoms with E-state index in [1.165, 1.54) is 18.4 Å². The number of ether oxygens (including phenoxy) is 3. The van der Waals surface area contributed by atoms with E-state index in [1.54, 1.807) is 86.0 Å². The Bertz CT molecular complexity index is 1840. The van der Waals surface area contributed by atoms with Crippen molar-refractivity contribution in [2.24, 2.45) is 5.10 Å². The highest BCUT2D eigenvalue weighted by Crippen LogP contribution is 2.23. The average molecular weight is 571 g/mol. The molecule has 43 heavy (non-hydrogen) atoms. The Hall–Kier alpha value is -6.02. The van der Waals surface area contributed by atoms with E-state index in [9.17, 15) is 14.4 Å². The van der Waals surface area contributed by atoms with E-state index in [2.05, 4.69) is 10.5 Å². The summed E-state index contributed by atoms with van der Waals surface area (Å²) in [7, 11) is 1.54. The number of nitrogens with zero attached hydrogens (tertiary/aromatic N) is 1. The monoisotopic (exact) mass is 570 g/mol. The summed E-state index contributed by atoms with van der Waals surface area (Å²) in [6.07, 6.45) is 4.14. The maximum absolute atomic E-state index is 12.8. The number of carbonyl (C=O) groups excluding carboxylic acids is 3. The van der Waals surface area contributed by atoms with Gasteiger partial charge in [-0.1, -0.05) is 66.7 Å². The molecule has 0 aliphatic carbocycles. The van der Waals surface area contributed by atoms with E-state index < -0.39 is 11.9 Å². The van der Waals surface area contributed by atoms with Gasteiger partial charge in [-0.3, -0.25) is 4.79 Å². The third kappa shape index (κ3) is 7.20. The van der Waals surface area contributed by atoms with Crippen LogP contribution < -0.4 is 19.6 Å². The average Bonchev–Trinajstić information content (AvgIpc) is 3.04. The number of rotatable bonds is 9. The molecule has 0 saturated heterocycles. The molecule has 0 aliphatic rings. The highest BCUT2D eigenvalue weighted by atomic mass is 16.5. The molecule has 0 heterocycles. The summed E-state index contributed by atoms with van der Waals surface area (Å²) in [4.78, 5) is 38.1. The third-order valence-corrected chi connectivity index (χ3v) is 6.38. The van der Waals surface area contributed by atoms with Crippen LogP contribution in [0.4, 0.5) is 0 Å². The topological polar surface area (TPSA) is 103 Å². The zero-order valence-electron chi connectivity index (χ0n) is 23.1. The molecule has 5 rings (SSSR count). The van der Waals surface area contributed by atoms with Crippen LogP contribution in [0, 0.1) is 0 Å². The molecule has 0 aromatic heterocycles. The lowest BCUT2D eigenvalue weighted by atomic mass is 10.0. The number of carbonyl (C=O) groups is 3. The van der Waals surface area contributed by atoms with E-state index in [0.29, 0.717) is 28.0 Å². The molecule has 8 nitrogen and oxygen atoms in total. The summed E-state index contributed by atoms with van der Waals surface area (Å²) >= 11 is 0. The zero-order chi connectivity index (χ0) is 30.0. The molecule has 5 aromatic carbocycles. The first-order valence-electron chi connectivity index (χ1n) is 13.3. The minimum absolute atomic E-state index is 0.250. The normalized spacial score (nSPS) is 11.0. The van der Waals surface area contributed by atoms with Crippen LogP contribution in [0.3, 0.4) is 0 Å². The second kappa shape index (κ2) is 13.6. The van der Waals surface area contributed by atoms with E-state index in [0.717, 1.165) is 10.8 Å². The van der Waals surface area contributed by atoms with Gasteiger partial charge in [-0.2, -0.15) is 5.10 Å². The predicted octanol–water partition coefficient (Wildman–Crippen LogP) is 6.45. The second-order valence-corrected chi connectivity index (χ2v) is 9.17. The Morgan fingerprint density at radius 3 is 2.12 bits per heavy atom. The lowest BCUT2D eigenvalue weighted by molar-refractivity contribution is -0.128. The van der Waals surface area contributed by atoms with Crippen LogP contribution in [0.5, 0.6) is 17.2 Å². The molecule has 0 fully saturated rings. The number of hydrogen-bond donors (Lipinski definition) is 1. The number of benzene rings is 5. The lowest BCUT2D eigenvalue weighted by Gasteiger charge is -2.08. The summed E-state index contributed by atoms with van der Waals surface area (Å²) in [6.45, 7) is 0. The number of para-hydroxylation sites is 2. The minimum atomic E-state index is -0.656. The molecule has 0 atom stereocenters. The van der Waals surface area contributed by atoms with Gasteiger partial charge in [0.05, 0.1) is 18.9 Å². The van der Waals surface area contributed by atoms with Crippen LogP contribution in [0.1, 0.15) is 31.8 Å². The Morgan fingerprint density at radius 1 is 0.698 bits per heavy atom. The van der Waals surface area contributed by atoms with Gasteiger partial charge in [0.2, 0.25) is 0 Å². The molecule has 5 aromatic rings. The number of hydrogen-bond acceptors (Lipinski definition) is 7. The standard InChI is InChI=1S/C35H26N2O6/c1-41-28-20-17-26(18-21-28)35(40)43-31-15-6-3-10-25(31)19-22-33(38)42-32-16-7-4-11-27(32)23-36-37-34(39)30-14-8-12-24-9-2-5-13-29(24)30/h2-23H,1H3,(H,37,39)/b22-19+,36-23+. The van der Waals surface area contributed by atoms with Crippen molar-refractivity contribution in [3.05, 3.63) is 144 Å². The summed E-state index contributed by atoms with van der Waals surface area (Å²) in [5.41, 5.74) is 4.37. The Morgan fingerprint density at radius 2 is 1.35 bits per heavy atom. The minimum Gasteiger partial charge on any atom is -0.497 e. The van der Waals surface area contributed by atoms with Crippen molar-refractivity contribution in [3.8, 4) is 17.2 Å². The molecular weight excluding hydrogens is 544 g/mol. The first-order chi connectivity index (χ1) is 21.0. The number of hydrazone groups is 1. The van der Waals surface area contributed by atoms with Gasteiger partial charge < -0.3 is 14.2 Å². The van der Waals surface area contributed by atoms with Gasteiger partial charge in [0.15, 0.2) is 0 Å². The van der Waals surface area contributed by atoms with Crippen molar-refractivity contribution in [1.82, 2.24) is 5.43 Å². The van der Waals surface area contributed by atoms with Crippen molar-refractivity contribution in [3.63, 3.8) is 0 Å². The van der Waals surface area contributed by atoms with Gasteiger partial charge >= 0.3 is 11.9 Å². The summed E-state index contributed by atoms with van der Waals surface area (Å²) in [6, 6.07) is 33.2. The van der Waals surface area contributed by atoms with Gasteiger partial charge in [0, 0.05) is 22.8 Å². The van der Waals surface area contributed by atoms with Crippen molar-refractivity contribution in [2.75, 3.05) is 7.11 Å². The van der Waals surface area contributed by atoms with Gasteiger partial charge in [-0.15, -0.1) is 0 Å². The number of amides is 1. The largest absolute Gasteiger partial charge is 0.497 e. The molecule has 0 bridgehead atoms. The maximum atomic E-state index is 12.8. The first kappa shape index (κ1) is 28.5. The van der Waals surface area contributed by atoms with E-state index in [4.69, 9.17) is 14.2 Å². The van der Waals surface area contributed by atoms with E-state index in [1.807, 2.05) is 36.4 Å². The molecule has 212 valence electrons. The summed E-state index contributed by atoms with van der Waals surface area (Å²) < 4.78 is 16.2. The highest BCUT2D eigenvalue weighted by molar-refractivity contribution is 6.07. The van der Waals surface area contributed by atoms with Gasteiger partial charge in [-0.05, 0) is 65.4 Å². The first-order valence-corrected chi connectivity index (χ1v) is 13.3. The molecule has 8 heteroatoms. The highest BCUT2D eigenvalue weighted by Gasteiger charge is 2.12. The third-order valence-electron chi connectivity index (χ3n) is 6.38. The number of esters is 2. The molecule has 0 spiro atoms. The fraction of sp³-hybridized carbons (Fsp3) is 0.0286. The fourth-order valence-corrected chi connectivity index (χ4v) is 4.22. The van der Waals surface area contributed by atoms with Crippen LogP contribution in [0.15, 0.2) is 126 Å². The van der Waals surface area contributed by atoms with Crippen molar-refractivity contribution < 1.29 is 28.6 Å². The van der Waals surface area contributed by atoms with Gasteiger partial charge in [0.25, 0.3) is 5.91 Å². The molecule has 0 aliphatic heterocycles. The molecule has 1 amide bonds. The van der Waals surface area contributed by atoms with Crippen LogP contribution in [0.25, 0.3) is 16.8 Å². The second-order valence-electron chi connectivity index (χ2n) is 9.17. The van der Waals surface area contributed by atoms with Crippen molar-refractivity contribution in [1.29, 1.82) is 0 Å². The molecule has 1 N–H and O–H groups in total. The van der Waals surface area contributed by atoms with Gasteiger partial charge in [0.1, 0.15) is 17.2 Å². The SMILES string of the molecule is COc1ccc(C(=O)Oc2ccccc2/C=C/C(=O)Oc2ccccc2/C=N/NC(=O)c2cccc3ccccc23)cc1. The van der Waals surface area contributed by atoms with E-state index in [-0.39, 0.29) is 17.4 Å². The van der Waals surface area contributed by atoms with Crippen molar-refractivity contribution in [2.45, 2.75) is 0 Å². The maximum Gasteiger partial charge on any atom is 0.343 e. The molecule has 0 radical (unpaired) electrons. The molecular formula is C35H26N2O6. The number of nitrogens with one attached hydrogen (secondary N) is 1. The van der Waals surface area contributed by atoms with Crippen LogP contribution in [-0.4, -0.2) is 31.2 Å². The number of methoxy groups -OCH3 is 1. The van der Waals surface area contributed by atoms with Crippen LogP contribution in [-0.2, 0) is 4.79 Å². The summed E-state index contributed by atoms with van der Waals surface area (Å²) in [5, 5.41) is 5.83. The van der Waals surface area contributed by atoms with Crippen LogP contribution in [0.2, 0.25) is 0 Å². The zero-order valence-corrected chi connectivity index (χ0v) is 23.1.